The molecule has 0 bridgehead atoms. The molecule has 0 spiro atoms. The van der Waals surface area contributed by atoms with E-state index in [9.17, 15) is 13.6 Å². The smallest absolute Gasteiger partial charge is 0.253 e. The number of carbonyl (C=O) groups is 1. The first-order valence-corrected chi connectivity index (χ1v) is 9.57. The molecule has 0 fully saturated rings. The second-order valence-corrected chi connectivity index (χ2v) is 7.25. The van der Waals surface area contributed by atoms with Gasteiger partial charge in [-0.1, -0.05) is 0 Å². The molecule has 0 aliphatic rings. The van der Waals surface area contributed by atoms with Crippen LogP contribution in [-0.4, -0.2) is 49.7 Å². The highest BCUT2D eigenvalue weighted by molar-refractivity contribution is 5.97. The number of nitrogens with zero attached hydrogens (tertiary/aromatic N) is 2. The van der Waals surface area contributed by atoms with Crippen molar-refractivity contribution < 1.29 is 18.3 Å². The molecule has 0 unspecified atom stereocenters. The van der Waals surface area contributed by atoms with Crippen LogP contribution in [0.2, 0.25) is 0 Å². The van der Waals surface area contributed by atoms with Gasteiger partial charge in [-0.05, 0) is 69.0 Å². The molecule has 3 rings (SSSR count). The number of benzene rings is 2. The number of ether oxygens (including phenoxy) is 1. The van der Waals surface area contributed by atoms with Crippen LogP contribution in [0.25, 0.3) is 16.9 Å². The van der Waals surface area contributed by atoms with Gasteiger partial charge in [-0.15, -0.1) is 0 Å². The summed E-state index contributed by atoms with van der Waals surface area (Å²) in [5.41, 5.74) is 2.57. The van der Waals surface area contributed by atoms with Crippen LogP contribution in [0.5, 0.6) is 5.75 Å². The van der Waals surface area contributed by atoms with Crippen molar-refractivity contribution in [3.63, 3.8) is 0 Å². The summed E-state index contributed by atoms with van der Waals surface area (Å²) in [6, 6.07) is 12.4. The predicted molar refractivity (Wildman–Crippen MR) is 113 cm³/mol. The number of amides is 1. The number of carbonyl (C=O) groups excluding carboxylic acids is 1. The van der Waals surface area contributed by atoms with Gasteiger partial charge < -0.3 is 19.5 Å². The molecule has 5 nitrogen and oxygen atoms in total. The second kappa shape index (κ2) is 9.09. The Morgan fingerprint density at radius 1 is 1.10 bits per heavy atom. The van der Waals surface area contributed by atoms with Gasteiger partial charge in [-0.3, -0.25) is 4.79 Å². The molecule has 158 valence electrons. The molecule has 0 aliphatic carbocycles. The Bertz CT molecular complexity index is 1040. The van der Waals surface area contributed by atoms with E-state index in [1.54, 1.807) is 36.8 Å². The maximum atomic E-state index is 14.6. The van der Waals surface area contributed by atoms with Gasteiger partial charge in [-0.2, -0.15) is 0 Å². The van der Waals surface area contributed by atoms with Gasteiger partial charge in [0.25, 0.3) is 5.91 Å². The van der Waals surface area contributed by atoms with E-state index in [0.717, 1.165) is 11.6 Å². The van der Waals surface area contributed by atoms with E-state index in [-0.39, 0.29) is 11.6 Å². The predicted octanol–water partition coefficient (Wildman–Crippen LogP) is 4.03. The topological polar surface area (TPSA) is 46.5 Å². The molecule has 7 heteroatoms. The van der Waals surface area contributed by atoms with Crippen molar-refractivity contribution in [3.05, 3.63) is 71.4 Å². The van der Waals surface area contributed by atoms with Gasteiger partial charge in [0.05, 0.1) is 24.1 Å². The summed E-state index contributed by atoms with van der Waals surface area (Å²) in [5, 5.41) is 2.89. The fraction of sp³-hybridized carbons (Fsp3) is 0.261. The van der Waals surface area contributed by atoms with Gasteiger partial charge in [0.2, 0.25) is 0 Å². The summed E-state index contributed by atoms with van der Waals surface area (Å²) in [5.74, 6) is -0.926. The number of nitrogens with one attached hydrogen (secondary N) is 1. The van der Waals surface area contributed by atoms with Crippen molar-refractivity contribution in [2.45, 2.75) is 6.92 Å². The third kappa shape index (κ3) is 4.52. The maximum Gasteiger partial charge on any atom is 0.253 e. The van der Waals surface area contributed by atoms with Crippen molar-refractivity contribution in [1.29, 1.82) is 0 Å². The average Bonchev–Trinajstić information content (AvgIpc) is 3.05. The Morgan fingerprint density at radius 3 is 2.40 bits per heavy atom. The van der Waals surface area contributed by atoms with Crippen LogP contribution >= 0.6 is 0 Å². The Balaban J connectivity index is 2.10. The summed E-state index contributed by atoms with van der Waals surface area (Å²) in [4.78, 5) is 14.8. The molecule has 0 aliphatic heterocycles. The Morgan fingerprint density at radius 2 is 1.80 bits per heavy atom. The van der Waals surface area contributed by atoms with E-state index in [2.05, 4.69) is 5.32 Å². The van der Waals surface area contributed by atoms with Crippen molar-refractivity contribution in [2.24, 2.45) is 0 Å². The molecule has 0 saturated heterocycles. The van der Waals surface area contributed by atoms with E-state index in [1.807, 2.05) is 31.1 Å². The molecule has 0 atom stereocenters. The summed E-state index contributed by atoms with van der Waals surface area (Å²) in [7, 11) is 5.42. The highest BCUT2D eigenvalue weighted by atomic mass is 19.1. The molecule has 1 aromatic heterocycles. The quantitative estimate of drug-likeness (QED) is 0.636. The Hall–Kier alpha value is -3.19. The van der Waals surface area contributed by atoms with Crippen molar-refractivity contribution >= 4 is 5.91 Å². The molecule has 30 heavy (non-hydrogen) atoms. The van der Waals surface area contributed by atoms with Crippen LogP contribution in [0.4, 0.5) is 8.78 Å². The minimum atomic E-state index is -0.706. The lowest BCUT2D eigenvalue weighted by Gasteiger charge is -2.14. The second-order valence-electron chi connectivity index (χ2n) is 7.25. The van der Waals surface area contributed by atoms with Crippen LogP contribution in [0.1, 0.15) is 16.1 Å². The lowest BCUT2D eigenvalue weighted by Crippen LogP contribution is -2.31. The van der Waals surface area contributed by atoms with Crippen LogP contribution < -0.4 is 10.1 Å². The summed E-state index contributed by atoms with van der Waals surface area (Å²) < 4.78 is 35.0. The average molecular weight is 413 g/mol. The highest BCUT2D eigenvalue weighted by Crippen LogP contribution is 2.31. The molecule has 2 aromatic carbocycles. The standard InChI is InChI=1S/C23H25F2N3O2/c1-15-19(23(29)26-11-12-27(2)3)14-22(16-5-8-18(30-4)9-6-16)28(15)21-10-7-17(24)13-20(21)25/h5-10,13-14H,11-12H2,1-4H3,(H,26,29). The van der Waals surface area contributed by atoms with E-state index in [1.165, 1.54) is 12.1 Å². The number of aromatic nitrogens is 1. The SMILES string of the molecule is COc1ccc(-c2cc(C(=O)NCCN(C)C)c(C)n2-c2ccc(F)cc2F)cc1. The first kappa shape index (κ1) is 21.5. The molecule has 1 N–H and O–H groups in total. The number of hydrogen-bond acceptors (Lipinski definition) is 3. The van der Waals surface area contributed by atoms with Crippen LogP contribution in [0.15, 0.2) is 48.5 Å². The van der Waals surface area contributed by atoms with Crippen LogP contribution in [0, 0.1) is 18.6 Å². The molecule has 1 heterocycles. The molecule has 0 radical (unpaired) electrons. The largest absolute Gasteiger partial charge is 0.497 e. The minimum absolute atomic E-state index is 0.173. The van der Waals surface area contributed by atoms with Crippen LogP contribution in [0.3, 0.4) is 0 Å². The van der Waals surface area contributed by atoms with Gasteiger partial charge >= 0.3 is 0 Å². The summed E-state index contributed by atoms with van der Waals surface area (Å²) in [6.45, 7) is 2.93. The number of likely N-dealkylation sites (N-methyl/N-ethyl adjacent to an activating group) is 1. The molecule has 0 saturated carbocycles. The Labute approximate surface area is 174 Å². The highest BCUT2D eigenvalue weighted by Gasteiger charge is 2.21. The Kier molecular flexibility index (Phi) is 6.52. The van der Waals surface area contributed by atoms with Gasteiger partial charge in [0.1, 0.15) is 17.4 Å². The molecular weight excluding hydrogens is 388 g/mol. The maximum absolute atomic E-state index is 14.6. The van der Waals surface area contributed by atoms with E-state index < -0.39 is 11.6 Å². The fourth-order valence-corrected chi connectivity index (χ4v) is 3.27. The first-order chi connectivity index (χ1) is 14.3. The van der Waals surface area contributed by atoms with Crippen molar-refractivity contribution in [1.82, 2.24) is 14.8 Å². The third-order valence-corrected chi connectivity index (χ3v) is 4.87. The first-order valence-electron chi connectivity index (χ1n) is 9.57. The normalized spacial score (nSPS) is 11.0. The number of rotatable bonds is 7. The third-order valence-electron chi connectivity index (χ3n) is 4.87. The molecule has 3 aromatic rings. The minimum Gasteiger partial charge on any atom is -0.497 e. The monoisotopic (exact) mass is 413 g/mol. The van der Waals surface area contributed by atoms with Gasteiger partial charge in [-0.25, -0.2) is 8.78 Å². The van der Waals surface area contributed by atoms with E-state index in [4.69, 9.17) is 4.74 Å². The molecule has 1 amide bonds. The van der Waals surface area contributed by atoms with Crippen molar-refractivity contribution in [2.75, 3.05) is 34.3 Å². The molecular formula is C23H25F2N3O2. The van der Waals surface area contributed by atoms with Crippen molar-refractivity contribution in [3.8, 4) is 22.7 Å². The zero-order valence-electron chi connectivity index (χ0n) is 17.5. The van der Waals surface area contributed by atoms with E-state index >= 15 is 0 Å². The summed E-state index contributed by atoms with van der Waals surface area (Å²) >= 11 is 0. The number of methoxy groups -OCH3 is 1. The zero-order valence-corrected chi connectivity index (χ0v) is 17.5. The fourth-order valence-electron chi connectivity index (χ4n) is 3.27. The number of halogens is 2. The lowest BCUT2D eigenvalue weighted by atomic mass is 10.1. The summed E-state index contributed by atoms with van der Waals surface area (Å²) in [6.07, 6.45) is 0. The van der Waals surface area contributed by atoms with E-state index in [0.29, 0.717) is 35.8 Å². The lowest BCUT2D eigenvalue weighted by molar-refractivity contribution is 0.0950. The van der Waals surface area contributed by atoms with Gasteiger partial charge in [0, 0.05) is 24.8 Å². The van der Waals surface area contributed by atoms with Gasteiger partial charge in [0.15, 0.2) is 0 Å². The van der Waals surface area contributed by atoms with Crippen LogP contribution in [-0.2, 0) is 0 Å². The number of hydrogen-bond donors (Lipinski definition) is 1. The zero-order chi connectivity index (χ0) is 21.8.